The standard InChI is InChI=1S/C9H14N2/c1-4-5-9-10-7(2)6-8(3)11-9/h6H,4-5H2,1-3H3. The predicted molar refractivity (Wildman–Crippen MR) is 45.5 cm³/mol. The first-order valence-corrected chi connectivity index (χ1v) is 4.03. The molecule has 0 aliphatic rings. The predicted octanol–water partition coefficient (Wildman–Crippen LogP) is 2.05. The summed E-state index contributed by atoms with van der Waals surface area (Å²) in [5, 5.41) is 0. The number of hydrogen-bond acceptors (Lipinski definition) is 2. The molecule has 2 nitrogen and oxygen atoms in total. The number of hydrogen-bond donors (Lipinski definition) is 0. The molecule has 2 heteroatoms. The van der Waals surface area contributed by atoms with Gasteiger partial charge in [0, 0.05) is 17.8 Å². The average Bonchev–Trinajstić information content (AvgIpc) is 1.85. The third-order valence-corrected chi connectivity index (χ3v) is 1.50. The molecule has 0 aliphatic heterocycles. The van der Waals surface area contributed by atoms with Gasteiger partial charge in [-0.25, -0.2) is 9.97 Å². The highest BCUT2D eigenvalue weighted by atomic mass is 14.9. The Bertz CT molecular complexity index is 223. The number of rotatable bonds is 2. The van der Waals surface area contributed by atoms with Crippen molar-refractivity contribution in [1.82, 2.24) is 9.97 Å². The van der Waals surface area contributed by atoms with Gasteiger partial charge in [-0.1, -0.05) is 6.92 Å². The van der Waals surface area contributed by atoms with E-state index in [1.807, 2.05) is 19.9 Å². The molecule has 11 heavy (non-hydrogen) atoms. The molecule has 0 saturated carbocycles. The normalized spacial score (nSPS) is 10.1. The quantitative estimate of drug-likeness (QED) is 0.644. The van der Waals surface area contributed by atoms with Crippen LogP contribution in [0.4, 0.5) is 0 Å². The minimum absolute atomic E-state index is 0.977. The molecule has 0 atom stereocenters. The molecule has 1 aromatic heterocycles. The minimum atomic E-state index is 0.977. The molecule has 0 bridgehead atoms. The zero-order valence-electron chi connectivity index (χ0n) is 7.39. The van der Waals surface area contributed by atoms with Crippen LogP contribution in [0.25, 0.3) is 0 Å². The minimum Gasteiger partial charge on any atom is -0.238 e. The Hall–Kier alpha value is -0.920. The maximum atomic E-state index is 4.31. The Balaban J connectivity index is 2.89. The van der Waals surface area contributed by atoms with E-state index in [0.29, 0.717) is 0 Å². The maximum absolute atomic E-state index is 4.31. The zero-order chi connectivity index (χ0) is 8.27. The Morgan fingerprint density at radius 2 is 1.73 bits per heavy atom. The summed E-state index contributed by atoms with van der Waals surface area (Å²) in [7, 11) is 0. The lowest BCUT2D eigenvalue weighted by Gasteiger charge is -2.00. The second-order valence-electron chi connectivity index (χ2n) is 2.82. The number of nitrogens with zero attached hydrogens (tertiary/aromatic N) is 2. The molecule has 1 heterocycles. The van der Waals surface area contributed by atoms with Crippen LogP contribution in [0.1, 0.15) is 30.6 Å². The van der Waals surface area contributed by atoms with Crippen LogP contribution in [-0.4, -0.2) is 9.97 Å². The summed E-state index contributed by atoms with van der Waals surface area (Å²) in [6, 6.07) is 2.00. The van der Waals surface area contributed by atoms with Crippen molar-refractivity contribution in [2.45, 2.75) is 33.6 Å². The molecular formula is C9H14N2. The fourth-order valence-corrected chi connectivity index (χ4v) is 1.13. The molecule has 0 aliphatic carbocycles. The molecular weight excluding hydrogens is 136 g/mol. The SMILES string of the molecule is CCCc1nc(C)cc(C)n1. The van der Waals surface area contributed by atoms with E-state index in [1.54, 1.807) is 0 Å². The Morgan fingerprint density at radius 3 is 2.18 bits per heavy atom. The van der Waals surface area contributed by atoms with Crippen molar-refractivity contribution in [3.8, 4) is 0 Å². The molecule has 0 amide bonds. The fourth-order valence-electron chi connectivity index (χ4n) is 1.13. The molecule has 60 valence electrons. The Morgan fingerprint density at radius 1 is 1.18 bits per heavy atom. The topological polar surface area (TPSA) is 25.8 Å². The van der Waals surface area contributed by atoms with Crippen LogP contribution in [0.5, 0.6) is 0 Å². The van der Waals surface area contributed by atoms with Gasteiger partial charge < -0.3 is 0 Å². The number of aromatic nitrogens is 2. The van der Waals surface area contributed by atoms with Crippen LogP contribution in [0, 0.1) is 13.8 Å². The van der Waals surface area contributed by atoms with Crippen molar-refractivity contribution in [2.75, 3.05) is 0 Å². The van der Waals surface area contributed by atoms with Gasteiger partial charge in [-0.05, 0) is 26.3 Å². The molecule has 0 fully saturated rings. The third kappa shape index (κ3) is 2.30. The van der Waals surface area contributed by atoms with Gasteiger partial charge in [-0.15, -0.1) is 0 Å². The van der Waals surface area contributed by atoms with Crippen molar-refractivity contribution in [3.63, 3.8) is 0 Å². The van der Waals surface area contributed by atoms with E-state index in [9.17, 15) is 0 Å². The second-order valence-corrected chi connectivity index (χ2v) is 2.82. The van der Waals surface area contributed by atoms with E-state index in [4.69, 9.17) is 0 Å². The molecule has 1 rings (SSSR count). The van der Waals surface area contributed by atoms with Gasteiger partial charge in [0.2, 0.25) is 0 Å². The summed E-state index contributed by atoms with van der Waals surface area (Å²) in [6.45, 7) is 6.16. The van der Waals surface area contributed by atoms with Crippen LogP contribution in [0.2, 0.25) is 0 Å². The first-order valence-electron chi connectivity index (χ1n) is 4.03. The summed E-state index contributed by atoms with van der Waals surface area (Å²) >= 11 is 0. The van der Waals surface area contributed by atoms with Crippen LogP contribution in [0.3, 0.4) is 0 Å². The maximum Gasteiger partial charge on any atom is 0.128 e. The van der Waals surface area contributed by atoms with Crippen LogP contribution in [0.15, 0.2) is 6.07 Å². The fraction of sp³-hybridized carbons (Fsp3) is 0.556. The summed E-state index contributed by atoms with van der Waals surface area (Å²) in [4.78, 5) is 8.63. The highest BCUT2D eigenvalue weighted by Crippen LogP contribution is 2.00. The Kier molecular flexibility index (Phi) is 2.58. The van der Waals surface area contributed by atoms with E-state index in [0.717, 1.165) is 30.1 Å². The van der Waals surface area contributed by atoms with E-state index in [-0.39, 0.29) is 0 Å². The average molecular weight is 150 g/mol. The monoisotopic (exact) mass is 150 g/mol. The van der Waals surface area contributed by atoms with Crippen molar-refractivity contribution in [1.29, 1.82) is 0 Å². The molecule has 1 aromatic rings. The molecule has 0 radical (unpaired) electrons. The first kappa shape index (κ1) is 8.18. The third-order valence-electron chi connectivity index (χ3n) is 1.50. The van der Waals surface area contributed by atoms with Gasteiger partial charge in [0.15, 0.2) is 0 Å². The first-order chi connectivity index (χ1) is 5.22. The van der Waals surface area contributed by atoms with E-state index < -0.39 is 0 Å². The highest BCUT2D eigenvalue weighted by molar-refractivity contribution is 5.08. The number of aryl methyl sites for hydroxylation is 3. The van der Waals surface area contributed by atoms with Crippen molar-refractivity contribution in [3.05, 3.63) is 23.3 Å². The van der Waals surface area contributed by atoms with Crippen molar-refractivity contribution >= 4 is 0 Å². The summed E-state index contributed by atoms with van der Waals surface area (Å²) < 4.78 is 0. The van der Waals surface area contributed by atoms with Crippen molar-refractivity contribution in [2.24, 2.45) is 0 Å². The zero-order valence-corrected chi connectivity index (χ0v) is 7.39. The van der Waals surface area contributed by atoms with Gasteiger partial charge >= 0.3 is 0 Å². The smallest absolute Gasteiger partial charge is 0.128 e. The van der Waals surface area contributed by atoms with E-state index in [1.165, 1.54) is 0 Å². The lowest BCUT2D eigenvalue weighted by molar-refractivity contribution is 0.815. The highest BCUT2D eigenvalue weighted by Gasteiger charge is 1.96. The van der Waals surface area contributed by atoms with Gasteiger partial charge in [0.1, 0.15) is 5.82 Å². The molecule has 0 unspecified atom stereocenters. The molecule has 0 saturated heterocycles. The van der Waals surface area contributed by atoms with Gasteiger partial charge in [-0.2, -0.15) is 0 Å². The largest absolute Gasteiger partial charge is 0.238 e. The Labute approximate surface area is 67.7 Å². The van der Waals surface area contributed by atoms with E-state index >= 15 is 0 Å². The summed E-state index contributed by atoms with van der Waals surface area (Å²) in [6.07, 6.45) is 2.10. The second kappa shape index (κ2) is 3.46. The lowest BCUT2D eigenvalue weighted by Crippen LogP contribution is -1.97. The van der Waals surface area contributed by atoms with Crippen LogP contribution >= 0.6 is 0 Å². The van der Waals surface area contributed by atoms with Gasteiger partial charge in [0.25, 0.3) is 0 Å². The molecule has 0 aromatic carbocycles. The van der Waals surface area contributed by atoms with E-state index in [2.05, 4.69) is 16.9 Å². The molecule has 0 N–H and O–H groups in total. The van der Waals surface area contributed by atoms with Crippen LogP contribution in [-0.2, 0) is 6.42 Å². The van der Waals surface area contributed by atoms with Gasteiger partial charge in [-0.3, -0.25) is 0 Å². The molecule has 0 spiro atoms. The summed E-state index contributed by atoms with van der Waals surface area (Å²) in [5.74, 6) is 0.977. The lowest BCUT2D eigenvalue weighted by atomic mass is 10.3. The summed E-state index contributed by atoms with van der Waals surface area (Å²) in [5.41, 5.74) is 2.14. The van der Waals surface area contributed by atoms with Crippen molar-refractivity contribution < 1.29 is 0 Å². The van der Waals surface area contributed by atoms with Crippen LogP contribution < -0.4 is 0 Å². The van der Waals surface area contributed by atoms with Gasteiger partial charge in [0.05, 0.1) is 0 Å².